The Morgan fingerprint density at radius 2 is 1.77 bits per heavy atom. The Labute approximate surface area is 261 Å². The standard InChI is InChI=1S/C31H49N3O9S/c1-5-6-19-44(39,40)31(32,28(36)37)20-23-12-14-24(15-13-23)41-22-25-21-34(29(38)42-25)18-10-11-26(27(35)43-30(2,3)4)33-16-8-7-9-17-33/h12-15,25-26H,5-11,16-22,32H2,1-4H3,(H,36,37). The number of nitrogens with two attached hydrogens (primary N) is 1. The van der Waals surface area contributed by atoms with Gasteiger partial charge in [-0.15, -0.1) is 0 Å². The number of aliphatic carboxylic acids is 1. The van der Waals surface area contributed by atoms with E-state index >= 15 is 0 Å². The topological polar surface area (TPSA) is 166 Å². The van der Waals surface area contributed by atoms with Crippen LogP contribution in [0.1, 0.15) is 78.2 Å². The molecule has 1 aromatic carbocycles. The number of carboxylic acids is 1. The van der Waals surface area contributed by atoms with Crippen molar-refractivity contribution in [3.63, 3.8) is 0 Å². The summed E-state index contributed by atoms with van der Waals surface area (Å²) < 4.78 is 42.3. The molecule has 3 N–H and O–H groups in total. The highest BCUT2D eigenvalue weighted by atomic mass is 32.2. The van der Waals surface area contributed by atoms with E-state index in [1.807, 2.05) is 27.7 Å². The van der Waals surface area contributed by atoms with Crippen molar-refractivity contribution < 1.29 is 42.1 Å². The van der Waals surface area contributed by atoms with E-state index in [4.69, 9.17) is 19.9 Å². The average Bonchev–Trinajstić information content (AvgIpc) is 3.32. The van der Waals surface area contributed by atoms with E-state index in [0.717, 1.165) is 32.4 Å². The first-order valence-electron chi connectivity index (χ1n) is 15.5. The molecule has 3 unspecified atom stereocenters. The van der Waals surface area contributed by atoms with Gasteiger partial charge in [0, 0.05) is 13.0 Å². The maximum atomic E-state index is 13.0. The third kappa shape index (κ3) is 9.80. The molecular formula is C31H49N3O9S. The normalized spacial score (nSPS) is 20.1. The van der Waals surface area contributed by atoms with Gasteiger partial charge in [-0.25, -0.2) is 18.0 Å². The van der Waals surface area contributed by atoms with Crippen LogP contribution in [0.5, 0.6) is 5.75 Å². The molecule has 0 radical (unpaired) electrons. The molecule has 3 atom stereocenters. The Morgan fingerprint density at radius 3 is 2.36 bits per heavy atom. The van der Waals surface area contributed by atoms with Crippen LogP contribution in [0.3, 0.4) is 0 Å². The number of piperidine rings is 1. The van der Waals surface area contributed by atoms with Gasteiger partial charge in [0.2, 0.25) is 4.87 Å². The molecule has 44 heavy (non-hydrogen) atoms. The minimum atomic E-state index is -4.08. The number of likely N-dealkylation sites (tertiary alicyclic amines) is 1. The number of hydrogen-bond acceptors (Lipinski definition) is 10. The van der Waals surface area contributed by atoms with Gasteiger partial charge in [0.15, 0.2) is 15.9 Å². The molecule has 12 nitrogen and oxygen atoms in total. The van der Waals surface area contributed by atoms with Crippen LogP contribution in [0, 0.1) is 0 Å². The Hall–Kier alpha value is -2.90. The summed E-state index contributed by atoms with van der Waals surface area (Å²) in [6.07, 6.45) is 4.10. The fourth-order valence-electron chi connectivity index (χ4n) is 5.40. The molecule has 0 aliphatic carbocycles. The van der Waals surface area contributed by atoms with Crippen molar-refractivity contribution >= 4 is 27.9 Å². The predicted octanol–water partition coefficient (Wildman–Crippen LogP) is 3.36. The summed E-state index contributed by atoms with van der Waals surface area (Å²) in [7, 11) is -4.08. The van der Waals surface area contributed by atoms with Gasteiger partial charge in [-0.1, -0.05) is 31.9 Å². The molecule has 3 rings (SSSR count). The van der Waals surface area contributed by atoms with E-state index in [0.29, 0.717) is 50.1 Å². The van der Waals surface area contributed by atoms with Crippen molar-refractivity contribution in [2.45, 2.75) is 102 Å². The van der Waals surface area contributed by atoms with Gasteiger partial charge < -0.3 is 30.0 Å². The monoisotopic (exact) mass is 639 g/mol. The summed E-state index contributed by atoms with van der Waals surface area (Å²) in [5.41, 5.74) is 5.80. The van der Waals surface area contributed by atoms with Crippen LogP contribution >= 0.6 is 0 Å². The summed E-state index contributed by atoms with van der Waals surface area (Å²) in [6, 6.07) is 6.01. The van der Waals surface area contributed by atoms with Gasteiger partial charge in [-0.2, -0.15) is 0 Å². The first kappa shape index (κ1) is 35.6. The summed E-state index contributed by atoms with van der Waals surface area (Å²) in [5, 5.41) is 9.64. The second kappa shape index (κ2) is 15.4. The van der Waals surface area contributed by atoms with Crippen LogP contribution < -0.4 is 10.5 Å². The third-order valence-corrected chi connectivity index (χ3v) is 10.1. The van der Waals surface area contributed by atoms with E-state index in [1.165, 1.54) is 0 Å². The smallest absolute Gasteiger partial charge is 0.410 e. The van der Waals surface area contributed by atoms with Crippen molar-refractivity contribution in [3.05, 3.63) is 29.8 Å². The number of esters is 1. The lowest BCUT2D eigenvalue weighted by atomic mass is 10.0. The number of sulfone groups is 1. The zero-order valence-electron chi connectivity index (χ0n) is 26.5. The van der Waals surface area contributed by atoms with Crippen LogP contribution in [0.2, 0.25) is 0 Å². The number of ether oxygens (including phenoxy) is 3. The number of cyclic esters (lactones) is 1. The number of benzene rings is 1. The molecule has 2 aliphatic rings. The van der Waals surface area contributed by atoms with E-state index in [2.05, 4.69) is 4.90 Å². The lowest BCUT2D eigenvalue weighted by molar-refractivity contribution is -0.162. The second-order valence-electron chi connectivity index (χ2n) is 12.7. The highest BCUT2D eigenvalue weighted by molar-refractivity contribution is 7.93. The van der Waals surface area contributed by atoms with Crippen molar-refractivity contribution in [3.8, 4) is 5.75 Å². The van der Waals surface area contributed by atoms with Gasteiger partial charge in [-0.3, -0.25) is 9.69 Å². The van der Waals surface area contributed by atoms with Crippen molar-refractivity contribution in [1.29, 1.82) is 0 Å². The minimum absolute atomic E-state index is 0.108. The third-order valence-electron chi connectivity index (χ3n) is 7.88. The number of carbonyl (C=O) groups excluding carboxylic acids is 2. The lowest BCUT2D eigenvalue weighted by Crippen LogP contribution is -2.57. The Balaban J connectivity index is 1.50. The molecule has 2 aliphatic heterocycles. The van der Waals surface area contributed by atoms with Gasteiger partial charge >= 0.3 is 18.0 Å². The molecule has 1 aromatic rings. The highest BCUT2D eigenvalue weighted by Crippen LogP contribution is 2.24. The van der Waals surface area contributed by atoms with Crippen LogP contribution in [0.25, 0.3) is 0 Å². The predicted molar refractivity (Wildman–Crippen MR) is 165 cm³/mol. The second-order valence-corrected chi connectivity index (χ2v) is 15.1. The molecule has 0 bridgehead atoms. The molecule has 2 saturated heterocycles. The lowest BCUT2D eigenvalue weighted by Gasteiger charge is -2.35. The molecule has 13 heteroatoms. The summed E-state index contributed by atoms with van der Waals surface area (Å²) in [4.78, 5) is 38.7. The fraction of sp³-hybridized carbons (Fsp3) is 0.710. The van der Waals surface area contributed by atoms with Crippen LogP contribution in [0.15, 0.2) is 24.3 Å². The van der Waals surface area contributed by atoms with Crippen molar-refractivity contribution in [2.24, 2.45) is 5.73 Å². The molecular weight excluding hydrogens is 590 g/mol. The van der Waals surface area contributed by atoms with Crippen LogP contribution in [-0.2, 0) is 35.3 Å². The molecule has 248 valence electrons. The van der Waals surface area contributed by atoms with E-state index < -0.39 is 38.5 Å². The number of amides is 1. The van der Waals surface area contributed by atoms with Crippen LogP contribution in [-0.4, -0.2) is 103 Å². The molecule has 0 aromatic heterocycles. The number of rotatable bonds is 16. The molecule has 2 heterocycles. The summed E-state index contributed by atoms with van der Waals surface area (Å²) >= 11 is 0. The maximum Gasteiger partial charge on any atom is 0.410 e. The largest absolute Gasteiger partial charge is 0.490 e. The number of nitrogens with zero attached hydrogens (tertiary/aromatic N) is 2. The van der Waals surface area contributed by atoms with Gasteiger partial charge in [0.05, 0.1) is 12.3 Å². The average molecular weight is 640 g/mol. The molecule has 1 amide bonds. The van der Waals surface area contributed by atoms with E-state index in [9.17, 15) is 27.9 Å². The fourth-order valence-corrected chi connectivity index (χ4v) is 7.09. The van der Waals surface area contributed by atoms with E-state index in [1.54, 1.807) is 29.2 Å². The Morgan fingerprint density at radius 1 is 1.11 bits per heavy atom. The maximum absolute atomic E-state index is 13.0. The molecule has 0 spiro atoms. The van der Waals surface area contributed by atoms with Gasteiger partial charge in [0.1, 0.15) is 24.0 Å². The first-order valence-corrected chi connectivity index (χ1v) is 17.2. The molecule has 2 fully saturated rings. The SMILES string of the molecule is CCCCS(=O)(=O)C(N)(Cc1ccc(OCC2CN(CCCC(C(=O)OC(C)(C)C)N3CCCCC3)C(=O)O2)cc1)C(=O)O. The zero-order chi connectivity index (χ0) is 32.5. The number of carboxylic acid groups (broad SMARTS) is 1. The quantitative estimate of drug-likeness (QED) is 0.255. The summed E-state index contributed by atoms with van der Waals surface area (Å²) in [5.74, 6) is -1.66. The van der Waals surface area contributed by atoms with Crippen molar-refractivity contribution in [1.82, 2.24) is 9.80 Å². The minimum Gasteiger partial charge on any atom is -0.490 e. The number of unbranched alkanes of at least 4 members (excludes halogenated alkanes) is 1. The number of hydrogen-bond donors (Lipinski definition) is 2. The molecule has 0 saturated carbocycles. The number of carbonyl (C=O) groups is 3. The zero-order valence-corrected chi connectivity index (χ0v) is 27.3. The Kier molecular flexibility index (Phi) is 12.4. The van der Waals surface area contributed by atoms with Gasteiger partial charge in [0.25, 0.3) is 0 Å². The van der Waals surface area contributed by atoms with Crippen molar-refractivity contribution in [2.75, 3.05) is 38.5 Å². The van der Waals surface area contributed by atoms with E-state index in [-0.39, 0.29) is 30.8 Å². The van der Waals surface area contributed by atoms with Gasteiger partial charge in [-0.05, 0) is 83.7 Å². The van der Waals surface area contributed by atoms with Crippen LogP contribution in [0.4, 0.5) is 4.79 Å². The highest BCUT2D eigenvalue weighted by Gasteiger charge is 2.47. The summed E-state index contributed by atoms with van der Waals surface area (Å²) in [6.45, 7) is 10.0. The Bertz CT molecular complexity index is 1230. The first-order chi connectivity index (χ1) is 20.6.